The second kappa shape index (κ2) is 6.03. The van der Waals surface area contributed by atoms with Crippen LogP contribution in [0.5, 0.6) is 5.75 Å². The first kappa shape index (κ1) is 13.2. The predicted octanol–water partition coefficient (Wildman–Crippen LogP) is 2.23. The van der Waals surface area contributed by atoms with Crippen LogP contribution in [0.3, 0.4) is 0 Å². The normalized spacial score (nSPS) is 12.6. The van der Waals surface area contributed by atoms with Crippen molar-refractivity contribution in [2.24, 2.45) is 11.5 Å². The van der Waals surface area contributed by atoms with Crippen LogP contribution in [0.2, 0.25) is 5.02 Å². The number of ether oxygens (including phenoxy) is 1. The monoisotopic (exact) mass is 246 g/mol. The van der Waals surface area contributed by atoms with Gasteiger partial charge in [-0.05, 0) is 18.6 Å². The summed E-state index contributed by atoms with van der Waals surface area (Å²) >= 11 is 5.91. The summed E-state index contributed by atoms with van der Waals surface area (Å²) in [5.74, 6) is -0.00406. The number of rotatable bonds is 5. The smallest absolute Gasteiger partial charge is 0.142 e. The molecule has 90 valence electrons. The van der Waals surface area contributed by atoms with E-state index in [2.05, 4.69) is 0 Å². The Labute approximate surface area is 99.5 Å². The molecule has 0 aliphatic rings. The summed E-state index contributed by atoms with van der Waals surface area (Å²) in [7, 11) is 0. The van der Waals surface area contributed by atoms with E-state index in [1.54, 1.807) is 0 Å². The molecule has 5 heteroatoms. The Hall–Kier alpha value is -0.840. The Bertz CT molecular complexity index is 360. The summed E-state index contributed by atoms with van der Waals surface area (Å²) in [6.45, 7) is 2.69. The van der Waals surface area contributed by atoms with Gasteiger partial charge in [0.05, 0.1) is 11.6 Å². The summed E-state index contributed by atoms with van der Waals surface area (Å²) in [5.41, 5.74) is 11.7. The number of hydrogen-bond acceptors (Lipinski definition) is 3. The second-order valence-corrected chi connectivity index (χ2v) is 3.90. The van der Waals surface area contributed by atoms with Gasteiger partial charge in [0.1, 0.15) is 11.6 Å². The van der Waals surface area contributed by atoms with Crippen LogP contribution in [0.25, 0.3) is 0 Å². The van der Waals surface area contributed by atoms with Gasteiger partial charge in [-0.15, -0.1) is 0 Å². The maximum atomic E-state index is 13.2. The van der Waals surface area contributed by atoms with E-state index in [4.69, 9.17) is 27.8 Å². The first-order chi connectivity index (χ1) is 7.60. The van der Waals surface area contributed by atoms with Crippen molar-refractivity contribution in [2.45, 2.75) is 19.4 Å². The van der Waals surface area contributed by atoms with Crippen LogP contribution in [-0.2, 0) is 0 Å². The van der Waals surface area contributed by atoms with Crippen molar-refractivity contribution < 1.29 is 9.13 Å². The quantitative estimate of drug-likeness (QED) is 0.838. The van der Waals surface area contributed by atoms with E-state index in [0.29, 0.717) is 17.9 Å². The van der Waals surface area contributed by atoms with E-state index in [1.807, 2.05) is 6.92 Å². The van der Waals surface area contributed by atoms with Gasteiger partial charge in [0.2, 0.25) is 0 Å². The highest BCUT2D eigenvalue weighted by Crippen LogP contribution is 2.33. The lowest BCUT2D eigenvalue weighted by molar-refractivity contribution is 0.312. The molecule has 0 spiro atoms. The Balaban J connectivity index is 3.10. The molecule has 16 heavy (non-hydrogen) atoms. The van der Waals surface area contributed by atoms with Gasteiger partial charge < -0.3 is 16.2 Å². The lowest BCUT2D eigenvalue weighted by Crippen LogP contribution is -2.22. The Kier molecular flexibility index (Phi) is 4.99. The largest absolute Gasteiger partial charge is 0.492 e. The van der Waals surface area contributed by atoms with Gasteiger partial charge >= 0.3 is 0 Å². The van der Waals surface area contributed by atoms with Crippen molar-refractivity contribution in [3.63, 3.8) is 0 Å². The number of halogens is 2. The molecule has 1 aromatic rings. The van der Waals surface area contributed by atoms with E-state index in [-0.39, 0.29) is 11.6 Å². The van der Waals surface area contributed by atoms with Crippen LogP contribution >= 0.6 is 11.6 Å². The van der Waals surface area contributed by atoms with Crippen molar-refractivity contribution in [2.75, 3.05) is 13.2 Å². The first-order valence-electron chi connectivity index (χ1n) is 5.17. The van der Waals surface area contributed by atoms with Gasteiger partial charge in [0.15, 0.2) is 0 Å². The average Bonchev–Trinajstić information content (AvgIpc) is 2.26. The average molecular weight is 247 g/mol. The Morgan fingerprint density at radius 2 is 2.19 bits per heavy atom. The van der Waals surface area contributed by atoms with Gasteiger partial charge in [-0.2, -0.15) is 0 Å². The maximum absolute atomic E-state index is 13.2. The maximum Gasteiger partial charge on any atom is 0.142 e. The molecule has 1 unspecified atom stereocenters. The zero-order valence-corrected chi connectivity index (χ0v) is 9.93. The molecule has 1 rings (SSSR count). The molecule has 0 fully saturated rings. The third-order valence-electron chi connectivity index (χ3n) is 2.14. The van der Waals surface area contributed by atoms with Crippen LogP contribution in [-0.4, -0.2) is 13.2 Å². The van der Waals surface area contributed by atoms with Gasteiger partial charge in [0.25, 0.3) is 0 Å². The zero-order valence-electron chi connectivity index (χ0n) is 9.17. The third-order valence-corrected chi connectivity index (χ3v) is 2.42. The van der Waals surface area contributed by atoms with E-state index < -0.39 is 11.9 Å². The molecule has 0 radical (unpaired) electrons. The lowest BCUT2D eigenvalue weighted by atomic mass is 10.1. The Morgan fingerprint density at radius 3 is 2.75 bits per heavy atom. The molecule has 0 aliphatic heterocycles. The van der Waals surface area contributed by atoms with Crippen molar-refractivity contribution >= 4 is 11.6 Å². The summed E-state index contributed by atoms with van der Waals surface area (Å²) in [6, 6.07) is 2.05. The highest BCUT2D eigenvalue weighted by atomic mass is 35.5. The molecule has 0 saturated carbocycles. The first-order valence-corrected chi connectivity index (χ1v) is 5.55. The molecule has 0 bridgehead atoms. The highest BCUT2D eigenvalue weighted by Gasteiger charge is 2.16. The third kappa shape index (κ3) is 3.07. The molecule has 4 N–H and O–H groups in total. The fourth-order valence-corrected chi connectivity index (χ4v) is 1.61. The van der Waals surface area contributed by atoms with Gasteiger partial charge in [-0.3, -0.25) is 0 Å². The SMILES string of the molecule is CCCOc1c(Cl)cc(F)cc1C(N)CN. The van der Waals surface area contributed by atoms with E-state index in [9.17, 15) is 4.39 Å². The molecule has 0 saturated heterocycles. The minimum absolute atomic E-state index is 0.211. The molecule has 1 atom stereocenters. The van der Waals surface area contributed by atoms with E-state index in [0.717, 1.165) is 6.42 Å². The van der Waals surface area contributed by atoms with E-state index in [1.165, 1.54) is 12.1 Å². The van der Waals surface area contributed by atoms with E-state index >= 15 is 0 Å². The van der Waals surface area contributed by atoms with Crippen LogP contribution in [0.1, 0.15) is 24.9 Å². The number of hydrogen-bond donors (Lipinski definition) is 2. The fraction of sp³-hybridized carbons (Fsp3) is 0.455. The van der Waals surface area contributed by atoms with Gasteiger partial charge in [-0.25, -0.2) is 4.39 Å². The number of benzene rings is 1. The summed E-state index contributed by atoms with van der Waals surface area (Å²) in [4.78, 5) is 0. The standard InChI is InChI=1S/C11H16ClFN2O/c1-2-3-16-11-8(10(15)6-14)4-7(13)5-9(11)12/h4-5,10H,2-3,6,14-15H2,1H3. The molecule has 1 aromatic carbocycles. The molecular weight excluding hydrogens is 231 g/mol. The lowest BCUT2D eigenvalue weighted by Gasteiger charge is -2.16. The number of nitrogens with two attached hydrogens (primary N) is 2. The van der Waals surface area contributed by atoms with Crippen LogP contribution in [0.4, 0.5) is 4.39 Å². The summed E-state index contributed by atoms with van der Waals surface area (Å²) in [6.07, 6.45) is 0.838. The van der Waals surface area contributed by atoms with Crippen LogP contribution in [0.15, 0.2) is 12.1 Å². The fourth-order valence-electron chi connectivity index (χ4n) is 1.34. The summed E-state index contributed by atoms with van der Waals surface area (Å²) in [5, 5.41) is 0.229. The van der Waals surface area contributed by atoms with Crippen molar-refractivity contribution in [3.05, 3.63) is 28.5 Å². The summed E-state index contributed by atoms with van der Waals surface area (Å²) < 4.78 is 18.7. The molecule has 3 nitrogen and oxygen atoms in total. The van der Waals surface area contributed by atoms with Crippen molar-refractivity contribution in [1.82, 2.24) is 0 Å². The molecule has 0 amide bonds. The molecule has 0 heterocycles. The molecule has 0 aromatic heterocycles. The van der Waals surface area contributed by atoms with Gasteiger partial charge in [-0.1, -0.05) is 18.5 Å². The van der Waals surface area contributed by atoms with Crippen LogP contribution < -0.4 is 16.2 Å². The molecular formula is C11H16ClFN2O. The Morgan fingerprint density at radius 1 is 1.50 bits per heavy atom. The van der Waals surface area contributed by atoms with Crippen molar-refractivity contribution in [1.29, 1.82) is 0 Å². The second-order valence-electron chi connectivity index (χ2n) is 3.50. The molecule has 0 aliphatic carbocycles. The topological polar surface area (TPSA) is 61.3 Å². The minimum Gasteiger partial charge on any atom is -0.492 e. The van der Waals surface area contributed by atoms with Crippen molar-refractivity contribution in [3.8, 4) is 5.75 Å². The van der Waals surface area contributed by atoms with Crippen LogP contribution in [0, 0.1) is 5.82 Å². The predicted molar refractivity (Wildman–Crippen MR) is 63.2 cm³/mol. The van der Waals surface area contributed by atoms with Gasteiger partial charge in [0, 0.05) is 18.2 Å². The highest BCUT2D eigenvalue weighted by molar-refractivity contribution is 6.32. The zero-order chi connectivity index (χ0) is 12.1. The minimum atomic E-state index is -0.472.